The summed E-state index contributed by atoms with van der Waals surface area (Å²) in [6.07, 6.45) is 3.39. The van der Waals surface area contributed by atoms with Crippen LogP contribution < -0.4 is 0 Å². The van der Waals surface area contributed by atoms with E-state index in [1.807, 2.05) is 0 Å². The Bertz CT molecular complexity index is 402. The summed E-state index contributed by atoms with van der Waals surface area (Å²) in [6.45, 7) is 8.49. The minimum Gasteiger partial charge on any atom is -0.0995 e. The third kappa shape index (κ3) is 1.54. The zero-order valence-corrected chi connectivity index (χ0v) is 10.4. The zero-order chi connectivity index (χ0) is 10.3. The molecular weight excluding hydrogens is 236 g/mol. The highest BCUT2D eigenvalue weighted by Crippen LogP contribution is 2.32. The molecule has 0 atom stereocenters. The van der Waals surface area contributed by atoms with Gasteiger partial charge in [0.2, 0.25) is 0 Å². The Morgan fingerprint density at radius 1 is 1.21 bits per heavy atom. The smallest absolute Gasteiger partial charge is 0.0210 e. The van der Waals surface area contributed by atoms with Crippen LogP contribution >= 0.6 is 15.9 Å². The molecule has 1 aromatic rings. The first-order valence-electron chi connectivity index (χ1n) is 5.03. The minimum atomic E-state index is 1.08. The normalized spacial score (nSPS) is 15.5. The average molecular weight is 251 g/mol. The van der Waals surface area contributed by atoms with Gasteiger partial charge in [0.15, 0.2) is 0 Å². The molecule has 0 saturated heterocycles. The third-order valence-corrected chi connectivity index (χ3v) is 4.06. The third-order valence-electron chi connectivity index (χ3n) is 3.24. The molecule has 0 nitrogen and oxygen atoms in total. The SMILES string of the molecule is C=C1CCc2cc(Br)c(C)c(C)c2C1. The summed E-state index contributed by atoms with van der Waals surface area (Å²) in [4.78, 5) is 0. The molecule has 0 aromatic heterocycles. The average Bonchev–Trinajstić information content (AvgIpc) is 2.16. The summed E-state index contributed by atoms with van der Waals surface area (Å²) in [5.41, 5.74) is 7.21. The molecular formula is C13H15Br. The van der Waals surface area contributed by atoms with Crippen molar-refractivity contribution in [1.82, 2.24) is 0 Å². The molecule has 0 fully saturated rings. The summed E-state index contributed by atoms with van der Waals surface area (Å²) < 4.78 is 1.25. The van der Waals surface area contributed by atoms with E-state index in [1.54, 1.807) is 0 Å². The molecule has 0 aliphatic heterocycles. The van der Waals surface area contributed by atoms with Gasteiger partial charge in [-0.2, -0.15) is 0 Å². The maximum Gasteiger partial charge on any atom is 0.0210 e. The van der Waals surface area contributed by atoms with Gasteiger partial charge < -0.3 is 0 Å². The fourth-order valence-corrected chi connectivity index (χ4v) is 2.69. The largest absolute Gasteiger partial charge is 0.0995 e. The fourth-order valence-electron chi connectivity index (χ4n) is 2.11. The van der Waals surface area contributed by atoms with Crippen molar-refractivity contribution in [1.29, 1.82) is 0 Å². The summed E-state index contributed by atoms with van der Waals surface area (Å²) in [7, 11) is 0. The van der Waals surface area contributed by atoms with Gasteiger partial charge in [-0.25, -0.2) is 0 Å². The van der Waals surface area contributed by atoms with Crippen molar-refractivity contribution in [3.05, 3.63) is 44.9 Å². The lowest BCUT2D eigenvalue weighted by Gasteiger charge is -2.22. The van der Waals surface area contributed by atoms with Crippen LogP contribution in [0, 0.1) is 13.8 Å². The van der Waals surface area contributed by atoms with Crippen LogP contribution in [0.4, 0.5) is 0 Å². The van der Waals surface area contributed by atoms with E-state index in [1.165, 1.54) is 32.3 Å². The Morgan fingerprint density at radius 3 is 2.64 bits per heavy atom. The van der Waals surface area contributed by atoms with Crippen LogP contribution in [0.5, 0.6) is 0 Å². The number of fused-ring (bicyclic) bond motifs is 1. The first-order valence-corrected chi connectivity index (χ1v) is 5.83. The topological polar surface area (TPSA) is 0 Å². The molecule has 14 heavy (non-hydrogen) atoms. The predicted octanol–water partition coefficient (Wildman–Crippen LogP) is 4.11. The summed E-state index contributed by atoms with van der Waals surface area (Å²) in [5, 5.41) is 0. The minimum absolute atomic E-state index is 1.08. The standard InChI is InChI=1S/C13H15Br/c1-8-4-5-11-7-13(14)10(3)9(2)12(11)6-8/h7H,1,4-6H2,2-3H3. The highest BCUT2D eigenvalue weighted by molar-refractivity contribution is 9.10. The molecule has 0 spiro atoms. The van der Waals surface area contributed by atoms with E-state index in [9.17, 15) is 0 Å². The van der Waals surface area contributed by atoms with Crippen molar-refractivity contribution >= 4 is 15.9 Å². The zero-order valence-electron chi connectivity index (χ0n) is 8.78. The lowest BCUT2D eigenvalue weighted by atomic mass is 9.85. The number of halogens is 1. The van der Waals surface area contributed by atoms with E-state index in [-0.39, 0.29) is 0 Å². The lowest BCUT2D eigenvalue weighted by Crippen LogP contribution is -2.08. The van der Waals surface area contributed by atoms with Gasteiger partial charge in [0.05, 0.1) is 0 Å². The van der Waals surface area contributed by atoms with Crippen LogP contribution in [0.2, 0.25) is 0 Å². The Morgan fingerprint density at radius 2 is 1.93 bits per heavy atom. The van der Waals surface area contributed by atoms with Gasteiger partial charge >= 0.3 is 0 Å². The Kier molecular flexibility index (Phi) is 2.52. The van der Waals surface area contributed by atoms with Crippen LogP contribution in [0.15, 0.2) is 22.7 Å². The molecule has 0 saturated carbocycles. The highest BCUT2D eigenvalue weighted by atomic mass is 79.9. The number of aryl methyl sites for hydroxylation is 1. The van der Waals surface area contributed by atoms with Crippen molar-refractivity contribution < 1.29 is 0 Å². The molecule has 1 aliphatic carbocycles. The molecule has 0 radical (unpaired) electrons. The van der Waals surface area contributed by atoms with Gasteiger partial charge in [-0.05, 0) is 61.4 Å². The number of hydrogen-bond donors (Lipinski definition) is 0. The molecule has 1 aliphatic rings. The van der Waals surface area contributed by atoms with E-state index >= 15 is 0 Å². The molecule has 0 N–H and O–H groups in total. The van der Waals surface area contributed by atoms with Crippen LogP contribution in [-0.4, -0.2) is 0 Å². The second-order valence-electron chi connectivity index (χ2n) is 4.17. The molecule has 0 heterocycles. The lowest BCUT2D eigenvalue weighted by molar-refractivity contribution is 0.831. The first kappa shape index (κ1) is 9.97. The van der Waals surface area contributed by atoms with Crippen molar-refractivity contribution in [3.63, 3.8) is 0 Å². The van der Waals surface area contributed by atoms with Crippen molar-refractivity contribution in [3.8, 4) is 0 Å². The highest BCUT2D eigenvalue weighted by Gasteiger charge is 2.16. The molecule has 0 amide bonds. The second kappa shape index (κ2) is 3.54. The maximum atomic E-state index is 4.09. The molecule has 1 heteroatoms. The maximum absolute atomic E-state index is 4.09. The van der Waals surface area contributed by atoms with E-state index in [0.29, 0.717) is 0 Å². The van der Waals surface area contributed by atoms with E-state index in [4.69, 9.17) is 0 Å². The van der Waals surface area contributed by atoms with Gasteiger partial charge in [-0.15, -0.1) is 0 Å². The van der Waals surface area contributed by atoms with Gasteiger partial charge in [-0.3, -0.25) is 0 Å². The molecule has 0 unspecified atom stereocenters. The van der Waals surface area contributed by atoms with E-state index in [2.05, 4.69) is 42.4 Å². The summed E-state index contributed by atoms with van der Waals surface area (Å²) in [5.74, 6) is 0. The molecule has 74 valence electrons. The van der Waals surface area contributed by atoms with Crippen LogP contribution in [0.1, 0.15) is 28.7 Å². The van der Waals surface area contributed by atoms with Gasteiger partial charge in [-0.1, -0.05) is 28.1 Å². The van der Waals surface area contributed by atoms with E-state index in [0.717, 1.165) is 19.3 Å². The summed E-state index contributed by atoms with van der Waals surface area (Å²) in [6, 6.07) is 2.28. The number of hydrogen-bond acceptors (Lipinski definition) is 0. The molecule has 2 rings (SSSR count). The monoisotopic (exact) mass is 250 g/mol. The van der Waals surface area contributed by atoms with E-state index < -0.39 is 0 Å². The fraction of sp³-hybridized carbons (Fsp3) is 0.385. The van der Waals surface area contributed by atoms with Gasteiger partial charge in [0.25, 0.3) is 0 Å². The van der Waals surface area contributed by atoms with Gasteiger partial charge in [0.1, 0.15) is 0 Å². The Hall–Kier alpha value is -0.560. The van der Waals surface area contributed by atoms with Crippen molar-refractivity contribution in [2.75, 3.05) is 0 Å². The number of allylic oxidation sites excluding steroid dienone is 1. The Labute approximate surface area is 94.2 Å². The molecule has 0 bridgehead atoms. The van der Waals surface area contributed by atoms with Crippen molar-refractivity contribution in [2.45, 2.75) is 33.1 Å². The first-order chi connectivity index (χ1) is 6.59. The predicted molar refractivity (Wildman–Crippen MR) is 64.8 cm³/mol. The van der Waals surface area contributed by atoms with Crippen LogP contribution in [0.3, 0.4) is 0 Å². The molecule has 1 aromatic carbocycles. The number of rotatable bonds is 0. The number of benzene rings is 1. The van der Waals surface area contributed by atoms with Crippen LogP contribution in [-0.2, 0) is 12.8 Å². The Balaban J connectivity index is 2.60. The van der Waals surface area contributed by atoms with Crippen molar-refractivity contribution in [2.24, 2.45) is 0 Å². The second-order valence-corrected chi connectivity index (χ2v) is 5.03. The quantitative estimate of drug-likeness (QED) is 0.609. The van der Waals surface area contributed by atoms with Gasteiger partial charge in [0, 0.05) is 4.47 Å². The van der Waals surface area contributed by atoms with Crippen LogP contribution in [0.25, 0.3) is 0 Å². The summed E-state index contributed by atoms with van der Waals surface area (Å²) >= 11 is 3.62.